The van der Waals surface area contributed by atoms with Crippen molar-refractivity contribution in [3.8, 4) is 0 Å². The molecule has 2 nitrogen and oxygen atoms in total. The third-order valence-electron chi connectivity index (χ3n) is 3.62. The van der Waals surface area contributed by atoms with Gasteiger partial charge in [-0.25, -0.2) is 0 Å². The van der Waals surface area contributed by atoms with Crippen molar-refractivity contribution < 1.29 is 9.84 Å². The van der Waals surface area contributed by atoms with E-state index in [-0.39, 0.29) is 6.10 Å². The van der Waals surface area contributed by atoms with Crippen LogP contribution >= 0.6 is 11.6 Å². The lowest BCUT2D eigenvalue weighted by atomic mass is 9.91. The molecule has 1 saturated heterocycles. The van der Waals surface area contributed by atoms with E-state index in [1.54, 1.807) is 0 Å². The summed E-state index contributed by atoms with van der Waals surface area (Å²) in [6.07, 6.45) is 0.380. The number of aryl methyl sites for hydroxylation is 2. The molecule has 1 aliphatic heterocycles. The summed E-state index contributed by atoms with van der Waals surface area (Å²) in [5.41, 5.74) is 2.96. The zero-order chi connectivity index (χ0) is 12.6. The van der Waals surface area contributed by atoms with Crippen LogP contribution in [0, 0.1) is 19.8 Å². The second kappa shape index (κ2) is 4.97. The summed E-state index contributed by atoms with van der Waals surface area (Å²) in [5, 5.41) is 11.2. The molecule has 3 heteroatoms. The number of aliphatic hydroxyl groups is 1. The predicted octanol–water partition coefficient (Wildman–Crippen LogP) is 3.42. The van der Waals surface area contributed by atoms with Crippen LogP contribution in [0.4, 0.5) is 0 Å². The van der Waals surface area contributed by atoms with E-state index in [1.807, 2.05) is 26.0 Å². The molecular weight excluding hydrogens is 236 g/mol. The lowest BCUT2D eigenvalue weighted by molar-refractivity contribution is -0.0181. The van der Waals surface area contributed by atoms with Crippen molar-refractivity contribution in [2.24, 2.45) is 5.92 Å². The molecule has 1 N–H and O–H groups in total. The van der Waals surface area contributed by atoms with Gasteiger partial charge in [0.1, 0.15) is 6.10 Å². The van der Waals surface area contributed by atoms with E-state index < -0.39 is 6.10 Å². The van der Waals surface area contributed by atoms with E-state index >= 15 is 0 Å². The van der Waals surface area contributed by atoms with Gasteiger partial charge in [-0.3, -0.25) is 0 Å². The van der Waals surface area contributed by atoms with E-state index in [4.69, 9.17) is 16.3 Å². The van der Waals surface area contributed by atoms with E-state index in [0.717, 1.165) is 34.7 Å². The average molecular weight is 255 g/mol. The number of ether oxygens (including phenoxy) is 1. The van der Waals surface area contributed by atoms with Gasteiger partial charge in [0.2, 0.25) is 0 Å². The Hall–Kier alpha value is -0.570. The molecule has 1 aromatic rings. The van der Waals surface area contributed by atoms with Crippen molar-refractivity contribution in [3.63, 3.8) is 0 Å². The molecule has 2 rings (SSSR count). The van der Waals surface area contributed by atoms with Crippen LogP contribution in [0.1, 0.15) is 36.1 Å². The minimum Gasteiger partial charge on any atom is -0.386 e. The number of aliphatic hydroxyl groups excluding tert-OH is 1. The Morgan fingerprint density at radius 2 is 2.06 bits per heavy atom. The zero-order valence-electron chi connectivity index (χ0n) is 10.5. The highest BCUT2D eigenvalue weighted by atomic mass is 35.5. The first-order chi connectivity index (χ1) is 8.00. The quantitative estimate of drug-likeness (QED) is 0.876. The van der Waals surface area contributed by atoms with E-state index in [1.165, 1.54) is 0 Å². The van der Waals surface area contributed by atoms with Gasteiger partial charge < -0.3 is 9.84 Å². The Morgan fingerprint density at radius 3 is 2.65 bits per heavy atom. The lowest BCUT2D eigenvalue weighted by Gasteiger charge is -2.23. The number of benzene rings is 1. The lowest BCUT2D eigenvalue weighted by Crippen LogP contribution is -2.23. The van der Waals surface area contributed by atoms with Crippen LogP contribution in [-0.4, -0.2) is 17.8 Å². The molecule has 1 aromatic carbocycles. The third kappa shape index (κ3) is 2.49. The fourth-order valence-corrected chi connectivity index (χ4v) is 2.64. The van der Waals surface area contributed by atoms with Crippen LogP contribution < -0.4 is 0 Å². The number of rotatable bonds is 2. The summed E-state index contributed by atoms with van der Waals surface area (Å²) >= 11 is 6.07. The minimum absolute atomic E-state index is 0.0886. The summed E-state index contributed by atoms with van der Waals surface area (Å²) in [5.74, 6) is 0.403. The van der Waals surface area contributed by atoms with Gasteiger partial charge in [-0.15, -0.1) is 0 Å². The highest BCUT2D eigenvalue weighted by molar-refractivity contribution is 6.31. The molecule has 0 bridgehead atoms. The molecule has 94 valence electrons. The minimum atomic E-state index is -0.552. The van der Waals surface area contributed by atoms with Gasteiger partial charge in [-0.2, -0.15) is 0 Å². The monoisotopic (exact) mass is 254 g/mol. The summed E-state index contributed by atoms with van der Waals surface area (Å²) in [6, 6.07) is 3.88. The molecule has 1 heterocycles. The van der Waals surface area contributed by atoms with Crippen molar-refractivity contribution >= 4 is 11.6 Å². The smallest absolute Gasteiger partial charge is 0.106 e. The van der Waals surface area contributed by atoms with Gasteiger partial charge in [0.25, 0.3) is 0 Å². The molecule has 0 radical (unpaired) electrons. The SMILES string of the molecule is Cc1cc(C(O)C2OCCC2C)c(C)cc1Cl. The topological polar surface area (TPSA) is 29.5 Å². The van der Waals surface area contributed by atoms with E-state index in [9.17, 15) is 5.11 Å². The highest BCUT2D eigenvalue weighted by Crippen LogP contribution is 2.34. The Bertz CT molecular complexity index is 417. The van der Waals surface area contributed by atoms with Crippen molar-refractivity contribution in [3.05, 3.63) is 33.8 Å². The normalized spacial score (nSPS) is 26.2. The molecule has 1 fully saturated rings. The summed E-state index contributed by atoms with van der Waals surface area (Å²) in [4.78, 5) is 0. The first kappa shape index (κ1) is 12.9. The molecule has 0 spiro atoms. The fraction of sp³-hybridized carbons (Fsp3) is 0.571. The second-order valence-electron chi connectivity index (χ2n) is 5.00. The van der Waals surface area contributed by atoms with Crippen LogP contribution in [0.25, 0.3) is 0 Å². The van der Waals surface area contributed by atoms with Gasteiger partial charge in [0.15, 0.2) is 0 Å². The van der Waals surface area contributed by atoms with E-state index in [2.05, 4.69) is 6.92 Å². The highest BCUT2D eigenvalue weighted by Gasteiger charge is 2.32. The first-order valence-electron chi connectivity index (χ1n) is 6.07. The molecule has 3 unspecified atom stereocenters. The van der Waals surface area contributed by atoms with E-state index in [0.29, 0.717) is 5.92 Å². The largest absolute Gasteiger partial charge is 0.386 e. The van der Waals surface area contributed by atoms with Gasteiger partial charge in [-0.1, -0.05) is 24.6 Å². The molecule has 0 saturated carbocycles. The molecular formula is C14H19ClO2. The second-order valence-corrected chi connectivity index (χ2v) is 5.41. The van der Waals surface area contributed by atoms with Crippen LogP contribution in [0.5, 0.6) is 0 Å². The summed E-state index contributed by atoms with van der Waals surface area (Å²) in [7, 11) is 0. The Morgan fingerprint density at radius 1 is 1.35 bits per heavy atom. The molecule has 17 heavy (non-hydrogen) atoms. The molecule has 0 aliphatic carbocycles. The van der Waals surface area contributed by atoms with Crippen molar-refractivity contribution in [2.75, 3.05) is 6.61 Å². The zero-order valence-corrected chi connectivity index (χ0v) is 11.3. The van der Waals surface area contributed by atoms with Crippen LogP contribution in [0.15, 0.2) is 12.1 Å². The summed E-state index contributed by atoms with van der Waals surface area (Å²) in [6.45, 7) is 6.80. The fourth-order valence-electron chi connectivity index (χ4n) is 2.42. The number of halogens is 1. The molecule has 0 amide bonds. The van der Waals surface area contributed by atoms with Gasteiger partial charge in [-0.05, 0) is 48.9 Å². The van der Waals surface area contributed by atoms with Gasteiger partial charge in [0.05, 0.1) is 6.10 Å². The predicted molar refractivity (Wildman–Crippen MR) is 69.4 cm³/mol. The number of hydrogen-bond donors (Lipinski definition) is 1. The van der Waals surface area contributed by atoms with Crippen LogP contribution in [0.3, 0.4) is 0 Å². The molecule has 0 aromatic heterocycles. The Balaban J connectivity index is 2.30. The molecule has 1 aliphatic rings. The van der Waals surface area contributed by atoms with Crippen molar-refractivity contribution in [1.29, 1.82) is 0 Å². The Kier molecular flexibility index (Phi) is 3.76. The standard InChI is InChI=1S/C14H19ClO2/c1-8-4-5-17-14(8)13(16)11-6-10(3)12(15)7-9(11)2/h6-8,13-14,16H,4-5H2,1-3H3. The average Bonchev–Trinajstić information content (AvgIpc) is 2.69. The summed E-state index contributed by atoms with van der Waals surface area (Å²) < 4.78 is 5.62. The van der Waals surface area contributed by atoms with Crippen molar-refractivity contribution in [1.82, 2.24) is 0 Å². The maximum absolute atomic E-state index is 10.4. The molecule has 3 atom stereocenters. The van der Waals surface area contributed by atoms with Crippen molar-refractivity contribution in [2.45, 2.75) is 39.4 Å². The number of hydrogen-bond acceptors (Lipinski definition) is 2. The van der Waals surface area contributed by atoms with Crippen LogP contribution in [-0.2, 0) is 4.74 Å². The maximum Gasteiger partial charge on any atom is 0.106 e. The van der Waals surface area contributed by atoms with Crippen LogP contribution in [0.2, 0.25) is 5.02 Å². The first-order valence-corrected chi connectivity index (χ1v) is 6.45. The van der Waals surface area contributed by atoms with Gasteiger partial charge >= 0.3 is 0 Å². The third-order valence-corrected chi connectivity index (χ3v) is 4.03. The Labute approximate surface area is 108 Å². The maximum atomic E-state index is 10.4. The van der Waals surface area contributed by atoms with Gasteiger partial charge in [0, 0.05) is 11.6 Å².